The first kappa shape index (κ1) is 12.6. The number of hydrogen-bond acceptors (Lipinski definition) is 4. The van der Waals surface area contributed by atoms with Crippen molar-refractivity contribution in [3.8, 4) is 0 Å². The van der Waals surface area contributed by atoms with E-state index in [1.54, 1.807) is 29.7 Å². The van der Waals surface area contributed by atoms with Gasteiger partial charge in [0, 0.05) is 11.1 Å². The van der Waals surface area contributed by atoms with Crippen molar-refractivity contribution < 1.29 is 4.79 Å². The number of carbonyl (C=O) groups excluding carboxylic acids is 1. The number of rotatable bonds is 4. The Morgan fingerprint density at radius 1 is 1.50 bits per heavy atom. The Labute approximate surface area is 110 Å². The summed E-state index contributed by atoms with van der Waals surface area (Å²) in [7, 11) is 0. The Morgan fingerprint density at radius 2 is 2.33 bits per heavy atom. The van der Waals surface area contributed by atoms with E-state index in [1.165, 1.54) is 0 Å². The SMILES string of the molecule is CCC(NC(=O)c1cccnc1N)c1cccs1. The zero-order valence-corrected chi connectivity index (χ0v) is 10.9. The van der Waals surface area contributed by atoms with E-state index in [0.717, 1.165) is 11.3 Å². The summed E-state index contributed by atoms with van der Waals surface area (Å²) in [5.74, 6) is 0.0804. The Kier molecular flexibility index (Phi) is 3.94. The summed E-state index contributed by atoms with van der Waals surface area (Å²) in [6.07, 6.45) is 2.41. The van der Waals surface area contributed by atoms with E-state index in [2.05, 4.69) is 10.3 Å². The van der Waals surface area contributed by atoms with Crippen molar-refractivity contribution in [2.75, 3.05) is 5.73 Å². The molecule has 0 aliphatic carbocycles. The summed E-state index contributed by atoms with van der Waals surface area (Å²) >= 11 is 1.64. The highest BCUT2D eigenvalue weighted by molar-refractivity contribution is 7.10. The van der Waals surface area contributed by atoms with Crippen LogP contribution in [0.4, 0.5) is 5.82 Å². The largest absolute Gasteiger partial charge is 0.383 e. The molecule has 0 aliphatic rings. The molecule has 0 bridgehead atoms. The Bertz CT molecular complexity index is 525. The van der Waals surface area contributed by atoms with Gasteiger partial charge in [0.25, 0.3) is 5.91 Å². The van der Waals surface area contributed by atoms with E-state index >= 15 is 0 Å². The molecule has 1 amide bonds. The summed E-state index contributed by atoms with van der Waals surface area (Å²) < 4.78 is 0. The number of anilines is 1. The maximum absolute atomic E-state index is 12.1. The van der Waals surface area contributed by atoms with E-state index in [-0.39, 0.29) is 17.8 Å². The van der Waals surface area contributed by atoms with Crippen molar-refractivity contribution in [3.63, 3.8) is 0 Å². The normalized spacial score (nSPS) is 12.1. The molecule has 0 saturated heterocycles. The molecular weight excluding hydrogens is 246 g/mol. The first-order valence-electron chi connectivity index (χ1n) is 5.77. The zero-order valence-electron chi connectivity index (χ0n) is 10.1. The van der Waals surface area contributed by atoms with Crippen molar-refractivity contribution in [3.05, 3.63) is 46.3 Å². The van der Waals surface area contributed by atoms with Gasteiger partial charge in [0.1, 0.15) is 5.82 Å². The van der Waals surface area contributed by atoms with Crippen molar-refractivity contribution >= 4 is 23.1 Å². The van der Waals surface area contributed by atoms with Crippen LogP contribution in [0.5, 0.6) is 0 Å². The highest BCUT2D eigenvalue weighted by Crippen LogP contribution is 2.22. The lowest BCUT2D eigenvalue weighted by Crippen LogP contribution is -2.28. The molecule has 3 N–H and O–H groups in total. The first-order valence-corrected chi connectivity index (χ1v) is 6.65. The Balaban J connectivity index is 2.14. The number of nitrogens with one attached hydrogen (secondary N) is 1. The first-order chi connectivity index (χ1) is 8.72. The summed E-state index contributed by atoms with van der Waals surface area (Å²) in [5.41, 5.74) is 6.11. The number of nitrogens with two attached hydrogens (primary N) is 1. The van der Waals surface area contributed by atoms with Crippen LogP contribution in [0.15, 0.2) is 35.8 Å². The predicted molar refractivity (Wildman–Crippen MR) is 73.5 cm³/mol. The molecule has 0 spiro atoms. The third-order valence-electron chi connectivity index (χ3n) is 2.68. The molecule has 2 aromatic heterocycles. The van der Waals surface area contributed by atoms with Gasteiger partial charge in [-0.25, -0.2) is 4.98 Å². The number of carbonyl (C=O) groups is 1. The predicted octanol–water partition coefficient (Wildman–Crippen LogP) is 2.61. The number of hydrogen-bond donors (Lipinski definition) is 2. The van der Waals surface area contributed by atoms with E-state index in [1.807, 2.05) is 24.4 Å². The molecule has 94 valence electrons. The summed E-state index contributed by atoms with van der Waals surface area (Å²) in [6, 6.07) is 7.41. The van der Waals surface area contributed by atoms with Crippen LogP contribution in [0.25, 0.3) is 0 Å². The minimum atomic E-state index is -0.180. The molecule has 4 nitrogen and oxygen atoms in total. The highest BCUT2D eigenvalue weighted by Gasteiger charge is 2.16. The third kappa shape index (κ3) is 2.68. The number of nitrogen functional groups attached to an aromatic ring is 1. The van der Waals surface area contributed by atoms with Crippen LogP contribution in [0.1, 0.15) is 34.6 Å². The fraction of sp³-hybridized carbons (Fsp3) is 0.231. The van der Waals surface area contributed by atoms with Crippen molar-refractivity contribution in [2.24, 2.45) is 0 Å². The lowest BCUT2D eigenvalue weighted by molar-refractivity contribution is 0.0937. The number of pyridine rings is 1. The van der Waals surface area contributed by atoms with Gasteiger partial charge < -0.3 is 11.1 Å². The summed E-state index contributed by atoms with van der Waals surface area (Å²) in [4.78, 5) is 17.2. The standard InChI is InChI=1S/C13H15N3OS/c1-2-10(11-6-4-8-18-11)16-13(17)9-5-3-7-15-12(9)14/h3-8,10H,2H2,1H3,(H2,14,15)(H,16,17). The molecule has 0 aromatic carbocycles. The van der Waals surface area contributed by atoms with Crippen LogP contribution in [0.2, 0.25) is 0 Å². The average Bonchev–Trinajstić information content (AvgIpc) is 2.90. The fourth-order valence-electron chi connectivity index (χ4n) is 1.71. The molecule has 18 heavy (non-hydrogen) atoms. The number of amides is 1. The molecule has 0 fully saturated rings. The molecule has 0 aliphatic heterocycles. The second-order valence-electron chi connectivity index (χ2n) is 3.89. The van der Waals surface area contributed by atoms with Gasteiger partial charge in [-0.15, -0.1) is 11.3 Å². The van der Waals surface area contributed by atoms with Crippen LogP contribution < -0.4 is 11.1 Å². The molecule has 2 aromatic rings. The third-order valence-corrected chi connectivity index (χ3v) is 3.67. The van der Waals surface area contributed by atoms with Gasteiger partial charge in [0.2, 0.25) is 0 Å². The van der Waals surface area contributed by atoms with Gasteiger partial charge in [-0.3, -0.25) is 4.79 Å². The summed E-state index contributed by atoms with van der Waals surface area (Å²) in [6.45, 7) is 2.04. The van der Waals surface area contributed by atoms with Crippen LogP contribution in [-0.2, 0) is 0 Å². The van der Waals surface area contributed by atoms with Gasteiger partial charge in [-0.1, -0.05) is 13.0 Å². The quantitative estimate of drug-likeness (QED) is 0.889. The van der Waals surface area contributed by atoms with Crippen molar-refractivity contribution in [2.45, 2.75) is 19.4 Å². The van der Waals surface area contributed by atoms with E-state index in [4.69, 9.17) is 5.73 Å². The monoisotopic (exact) mass is 261 g/mol. The van der Waals surface area contributed by atoms with Gasteiger partial charge in [0.05, 0.1) is 11.6 Å². The smallest absolute Gasteiger partial charge is 0.255 e. The number of thiophene rings is 1. The van der Waals surface area contributed by atoms with Gasteiger partial charge in [0.15, 0.2) is 0 Å². The molecule has 0 radical (unpaired) electrons. The van der Waals surface area contributed by atoms with Gasteiger partial charge >= 0.3 is 0 Å². The maximum Gasteiger partial charge on any atom is 0.255 e. The second kappa shape index (κ2) is 5.64. The maximum atomic E-state index is 12.1. The van der Waals surface area contributed by atoms with Crippen molar-refractivity contribution in [1.29, 1.82) is 0 Å². The topological polar surface area (TPSA) is 68.0 Å². The molecule has 2 rings (SSSR count). The average molecular weight is 261 g/mol. The van der Waals surface area contributed by atoms with Crippen LogP contribution in [0, 0.1) is 0 Å². The molecule has 5 heteroatoms. The summed E-state index contributed by atoms with van der Waals surface area (Å²) in [5, 5.41) is 4.98. The minimum absolute atomic E-state index is 0.0251. The number of aromatic nitrogens is 1. The van der Waals surface area contributed by atoms with E-state index in [9.17, 15) is 4.79 Å². The van der Waals surface area contributed by atoms with Gasteiger partial charge in [-0.05, 0) is 30.0 Å². The lowest BCUT2D eigenvalue weighted by Gasteiger charge is -2.15. The van der Waals surface area contributed by atoms with Crippen LogP contribution in [0.3, 0.4) is 0 Å². The van der Waals surface area contributed by atoms with E-state index in [0.29, 0.717) is 5.56 Å². The number of nitrogens with zero attached hydrogens (tertiary/aromatic N) is 1. The molecular formula is C13H15N3OS. The molecule has 1 unspecified atom stereocenters. The van der Waals surface area contributed by atoms with Crippen LogP contribution in [-0.4, -0.2) is 10.9 Å². The minimum Gasteiger partial charge on any atom is -0.383 e. The Hall–Kier alpha value is -1.88. The highest BCUT2D eigenvalue weighted by atomic mass is 32.1. The molecule has 1 atom stereocenters. The fourth-order valence-corrected chi connectivity index (χ4v) is 2.57. The van der Waals surface area contributed by atoms with Gasteiger partial charge in [-0.2, -0.15) is 0 Å². The Morgan fingerprint density at radius 3 is 2.94 bits per heavy atom. The zero-order chi connectivity index (χ0) is 13.0. The molecule has 2 heterocycles. The lowest BCUT2D eigenvalue weighted by atomic mass is 10.1. The molecule has 0 saturated carbocycles. The van der Waals surface area contributed by atoms with Crippen molar-refractivity contribution in [1.82, 2.24) is 10.3 Å². The second-order valence-corrected chi connectivity index (χ2v) is 4.87. The van der Waals surface area contributed by atoms with E-state index < -0.39 is 0 Å². The van der Waals surface area contributed by atoms with Crippen LogP contribution >= 0.6 is 11.3 Å².